The lowest BCUT2D eigenvalue weighted by molar-refractivity contribution is 0.224. The van der Waals surface area contributed by atoms with Crippen molar-refractivity contribution in [2.45, 2.75) is 77.2 Å². The Labute approximate surface area is 236 Å². The second-order valence-corrected chi connectivity index (χ2v) is 11.3. The average Bonchev–Trinajstić information content (AvgIpc) is 2.94. The number of benzene rings is 2. The maximum absolute atomic E-state index is 5.57. The molecule has 0 aliphatic carbocycles. The lowest BCUT2D eigenvalue weighted by Gasteiger charge is -2.26. The highest BCUT2D eigenvalue weighted by Crippen LogP contribution is 2.35. The Morgan fingerprint density at radius 2 is 1.61 bits per heavy atom. The molecule has 4 rings (SSSR count). The summed E-state index contributed by atoms with van der Waals surface area (Å²) in [5, 5.41) is 4.57. The lowest BCUT2D eigenvalue weighted by atomic mass is 10.1. The number of anilines is 1. The molecule has 1 aliphatic heterocycles. The summed E-state index contributed by atoms with van der Waals surface area (Å²) in [6.07, 6.45) is 12.7. The van der Waals surface area contributed by atoms with Gasteiger partial charge in [0, 0.05) is 22.3 Å². The SMILES string of the molecule is COc1cc2nc(CCCCCCCCN3CCCCC3)nc(NC(C)c3cccc(Br)c3)c2cc1OC. The van der Waals surface area contributed by atoms with Gasteiger partial charge in [0.2, 0.25) is 0 Å². The largest absolute Gasteiger partial charge is 0.493 e. The van der Waals surface area contributed by atoms with Gasteiger partial charge in [-0.25, -0.2) is 9.97 Å². The molecule has 206 valence electrons. The van der Waals surface area contributed by atoms with E-state index in [4.69, 9.17) is 19.4 Å². The second kappa shape index (κ2) is 14.7. The van der Waals surface area contributed by atoms with Crippen LogP contribution in [0.3, 0.4) is 0 Å². The van der Waals surface area contributed by atoms with Crippen molar-refractivity contribution in [3.05, 3.63) is 52.3 Å². The molecule has 1 unspecified atom stereocenters. The molecule has 7 heteroatoms. The van der Waals surface area contributed by atoms with Crippen molar-refractivity contribution in [1.29, 1.82) is 0 Å². The molecule has 1 aromatic heterocycles. The van der Waals surface area contributed by atoms with E-state index < -0.39 is 0 Å². The number of hydrogen-bond acceptors (Lipinski definition) is 6. The molecule has 0 spiro atoms. The van der Waals surface area contributed by atoms with Gasteiger partial charge >= 0.3 is 0 Å². The lowest BCUT2D eigenvalue weighted by Crippen LogP contribution is -2.30. The molecule has 2 aromatic carbocycles. The zero-order valence-electron chi connectivity index (χ0n) is 23.3. The number of aromatic nitrogens is 2. The Hall–Kier alpha value is -2.38. The van der Waals surface area contributed by atoms with E-state index in [9.17, 15) is 0 Å². The van der Waals surface area contributed by atoms with Crippen LogP contribution in [0.2, 0.25) is 0 Å². The third kappa shape index (κ3) is 8.06. The molecule has 1 atom stereocenters. The van der Waals surface area contributed by atoms with Crippen molar-refractivity contribution in [3.63, 3.8) is 0 Å². The average molecular weight is 584 g/mol. The minimum absolute atomic E-state index is 0.0801. The van der Waals surface area contributed by atoms with Crippen LogP contribution in [-0.4, -0.2) is 48.7 Å². The van der Waals surface area contributed by atoms with Crippen molar-refractivity contribution in [2.24, 2.45) is 0 Å². The molecule has 1 fully saturated rings. The van der Waals surface area contributed by atoms with Crippen LogP contribution in [0.15, 0.2) is 40.9 Å². The van der Waals surface area contributed by atoms with Gasteiger partial charge in [0.1, 0.15) is 11.6 Å². The van der Waals surface area contributed by atoms with Gasteiger partial charge in [0.05, 0.1) is 25.8 Å². The van der Waals surface area contributed by atoms with Crippen LogP contribution >= 0.6 is 15.9 Å². The first-order chi connectivity index (χ1) is 18.6. The Bertz CT molecular complexity index is 1170. The Kier molecular flexibility index (Phi) is 11.1. The zero-order chi connectivity index (χ0) is 26.7. The van der Waals surface area contributed by atoms with Crippen LogP contribution in [0.4, 0.5) is 5.82 Å². The molecule has 3 aromatic rings. The highest BCUT2D eigenvalue weighted by molar-refractivity contribution is 9.10. The highest BCUT2D eigenvalue weighted by Gasteiger charge is 2.16. The van der Waals surface area contributed by atoms with Gasteiger partial charge in [-0.3, -0.25) is 0 Å². The minimum atomic E-state index is 0.0801. The summed E-state index contributed by atoms with van der Waals surface area (Å²) in [4.78, 5) is 12.5. The Morgan fingerprint density at radius 3 is 2.34 bits per heavy atom. The van der Waals surface area contributed by atoms with Crippen LogP contribution < -0.4 is 14.8 Å². The first-order valence-corrected chi connectivity index (χ1v) is 15.0. The van der Waals surface area contributed by atoms with Crippen molar-refractivity contribution in [2.75, 3.05) is 39.2 Å². The summed E-state index contributed by atoms with van der Waals surface area (Å²) >= 11 is 3.59. The Balaban J connectivity index is 1.38. The molecule has 0 saturated carbocycles. The van der Waals surface area contributed by atoms with Crippen molar-refractivity contribution < 1.29 is 9.47 Å². The fourth-order valence-corrected chi connectivity index (χ4v) is 5.72. The van der Waals surface area contributed by atoms with Gasteiger partial charge < -0.3 is 19.7 Å². The predicted octanol–water partition coefficient (Wildman–Crippen LogP) is 7.95. The van der Waals surface area contributed by atoms with E-state index in [0.29, 0.717) is 11.5 Å². The van der Waals surface area contributed by atoms with E-state index >= 15 is 0 Å². The molecular weight excluding hydrogens is 540 g/mol. The molecule has 1 N–H and O–H groups in total. The predicted molar refractivity (Wildman–Crippen MR) is 161 cm³/mol. The number of piperidine rings is 1. The molecule has 1 aliphatic rings. The molecule has 38 heavy (non-hydrogen) atoms. The number of hydrogen-bond donors (Lipinski definition) is 1. The summed E-state index contributed by atoms with van der Waals surface area (Å²) in [7, 11) is 3.32. The van der Waals surface area contributed by atoms with Gasteiger partial charge in [-0.05, 0) is 76.0 Å². The van der Waals surface area contributed by atoms with Gasteiger partial charge in [-0.15, -0.1) is 0 Å². The molecule has 6 nitrogen and oxygen atoms in total. The molecule has 0 amide bonds. The van der Waals surface area contributed by atoms with Gasteiger partial charge in [-0.1, -0.05) is 60.2 Å². The van der Waals surface area contributed by atoms with E-state index in [1.807, 2.05) is 18.2 Å². The number of fused-ring (bicyclic) bond motifs is 1. The third-order valence-electron chi connectivity index (χ3n) is 7.52. The molecule has 0 radical (unpaired) electrons. The number of methoxy groups -OCH3 is 2. The van der Waals surface area contributed by atoms with Crippen molar-refractivity contribution in [3.8, 4) is 11.5 Å². The minimum Gasteiger partial charge on any atom is -0.493 e. The van der Waals surface area contributed by atoms with E-state index in [1.54, 1.807) is 14.2 Å². The first kappa shape index (κ1) is 28.6. The van der Waals surface area contributed by atoms with Crippen molar-refractivity contribution >= 4 is 32.7 Å². The number of aryl methyl sites for hydroxylation is 1. The summed E-state index contributed by atoms with van der Waals surface area (Å²) < 4.78 is 12.2. The van der Waals surface area contributed by atoms with Gasteiger partial charge in [-0.2, -0.15) is 0 Å². The number of likely N-dealkylation sites (tertiary alicyclic amines) is 1. The summed E-state index contributed by atoms with van der Waals surface area (Å²) in [6.45, 7) is 6.06. The highest BCUT2D eigenvalue weighted by atomic mass is 79.9. The maximum atomic E-state index is 5.57. The van der Waals surface area contributed by atoms with Crippen LogP contribution in [0.25, 0.3) is 10.9 Å². The summed E-state index contributed by atoms with van der Waals surface area (Å²) in [5.74, 6) is 3.06. The fraction of sp³-hybridized carbons (Fsp3) is 0.548. The van der Waals surface area contributed by atoms with E-state index in [-0.39, 0.29) is 6.04 Å². The van der Waals surface area contributed by atoms with Crippen molar-refractivity contribution in [1.82, 2.24) is 14.9 Å². The maximum Gasteiger partial charge on any atom is 0.162 e. The quantitative estimate of drug-likeness (QED) is 0.194. The van der Waals surface area contributed by atoms with Crippen LogP contribution in [-0.2, 0) is 6.42 Å². The number of ether oxygens (including phenoxy) is 2. The summed E-state index contributed by atoms with van der Waals surface area (Å²) in [6, 6.07) is 12.4. The topological polar surface area (TPSA) is 59.5 Å². The van der Waals surface area contributed by atoms with Crippen LogP contribution in [0.1, 0.15) is 82.1 Å². The van der Waals surface area contributed by atoms with E-state index in [1.165, 1.54) is 76.6 Å². The molecule has 1 saturated heterocycles. The number of unbranched alkanes of at least 4 members (excludes halogenated alkanes) is 5. The molecular formula is C31H43BrN4O2. The summed E-state index contributed by atoms with van der Waals surface area (Å²) in [5.41, 5.74) is 2.06. The van der Waals surface area contributed by atoms with Gasteiger partial charge in [0.15, 0.2) is 11.5 Å². The number of nitrogens with one attached hydrogen (secondary N) is 1. The fourth-order valence-electron chi connectivity index (χ4n) is 5.30. The Morgan fingerprint density at radius 1 is 0.895 bits per heavy atom. The van der Waals surface area contributed by atoms with Crippen LogP contribution in [0.5, 0.6) is 11.5 Å². The number of rotatable bonds is 14. The number of halogens is 1. The normalized spacial score (nSPS) is 14.9. The zero-order valence-corrected chi connectivity index (χ0v) is 24.9. The molecule has 2 heterocycles. The monoisotopic (exact) mass is 582 g/mol. The van der Waals surface area contributed by atoms with Crippen LogP contribution in [0, 0.1) is 0 Å². The third-order valence-corrected chi connectivity index (χ3v) is 8.02. The first-order valence-electron chi connectivity index (χ1n) is 14.2. The van der Waals surface area contributed by atoms with E-state index in [0.717, 1.165) is 39.9 Å². The smallest absolute Gasteiger partial charge is 0.162 e. The van der Waals surface area contributed by atoms with E-state index in [2.05, 4.69) is 51.3 Å². The van der Waals surface area contributed by atoms with Gasteiger partial charge in [0.25, 0.3) is 0 Å². The number of nitrogens with zero attached hydrogens (tertiary/aromatic N) is 3. The second-order valence-electron chi connectivity index (χ2n) is 10.4. The standard InChI is InChI=1S/C31H43BrN4O2/c1-23(24-14-13-15-25(32)20-24)33-31-26-21-28(37-2)29(38-3)22-27(26)34-30(35-31)16-9-6-4-5-7-10-17-36-18-11-8-12-19-36/h13-15,20-23H,4-12,16-19H2,1-3H3,(H,33,34,35). The molecule has 0 bridgehead atoms.